The Bertz CT molecular complexity index is 644. The third kappa shape index (κ3) is 3.96. The molecule has 0 saturated carbocycles. The van der Waals surface area contributed by atoms with E-state index in [1.165, 1.54) is 0 Å². The Labute approximate surface area is 124 Å². The van der Waals surface area contributed by atoms with E-state index in [-0.39, 0.29) is 5.97 Å². The molecule has 0 fully saturated rings. The van der Waals surface area contributed by atoms with Crippen LogP contribution >= 0.6 is 0 Å². The molecule has 3 nitrogen and oxygen atoms in total. The molecule has 0 atom stereocenters. The van der Waals surface area contributed by atoms with Gasteiger partial charge >= 0.3 is 5.97 Å². The molecule has 0 aromatic heterocycles. The number of rotatable bonds is 5. The third-order valence-electron chi connectivity index (χ3n) is 2.91. The number of methoxy groups -OCH3 is 1. The maximum Gasteiger partial charge on any atom is 0.338 e. The van der Waals surface area contributed by atoms with Crippen molar-refractivity contribution in [3.05, 3.63) is 71.3 Å². The maximum atomic E-state index is 11.9. The van der Waals surface area contributed by atoms with Gasteiger partial charge in [-0.1, -0.05) is 30.3 Å². The highest BCUT2D eigenvalue weighted by Crippen LogP contribution is 2.16. The lowest BCUT2D eigenvalue weighted by Gasteiger charge is -2.05. The molecule has 21 heavy (non-hydrogen) atoms. The average Bonchev–Trinajstić information content (AvgIpc) is 2.53. The van der Waals surface area contributed by atoms with Crippen LogP contribution in [0.1, 0.15) is 28.4 Å². The first kappa shape index (κ1) is 14.9. The Hall–Kier alpha value is -2.55. The largest absolute Gasteiger partial charge is 0.497 e. The average molecular weight is 281 g/mol. The molecular formula is C18H17O3. The Morgan fingerprint density at radius 1 is 1.19 bits per heavy atom. The van der Waals surface area contributed by atoms with Crippen molar-refractivity contribution < 1.29 is 14.3 Å². The van der Waals surface area contributed by atoms with Gasteiger partial charge in [-0.15, -0.1) is 0 Å². The van der Waals surface area contributed by atoms with Crippen molar-refractivity contribution in [3.63, 3.8) is 0 Å². The molecule has 0 bridgehead atoms. The van der Waals surface area contributed by atoms with Crippen LogP contribution in [0.3, 0.4) is 0 Å². The van der Waals surface area contributed by atoms with Gasteiger partial charge in [0.2, 0.25) is 0 Å². The highest BCUT2D eigenvalue weighted by Gasteiger charge is 2.09. The monoisotopic (exact) mass is 281 g/mol. The molecule has 0 saturated heterocycles. The van der Waals surface area contributed by atoms with Gasteiger partial charge in [0.1, 0.15) is 5.75 Å². The van der Waals surface area contributed by atoms with E-state index >= 15 is 0 Å². The number of esters is 1. The van der Waals surface area contributed by atoms with Crippen molar-refractivity contribution >= 4 is 12.0 Å². The summed E-state index contributed by atoms with van der Waals surface area (Å²) in [5.41, 5.74) is 2.17. The number of ether oxygens (including phenoxy) is 2. The zero-order valence-electron chi connectivity index (χ0n) is 12.1. The van der Waals surface area contributed by atoms with E-state index in [0.717, 1.165) is 11.3 Å². The smallest absolute Gasteiger partial charge is 0.338 e. The van der Waals surface area contributed by atoms with Crippen LogP contribution in [0.5, 0.6) is 5.75 Å². The van der Waals surface area contributed by atoms with Gasteiger partial charge in [-0.25, -0.2) is 4.79 Å². The van der Waals surface area contributed by atoms with Crippen LogP contribution < -0.4 is 4.74 Å². The van der Waals surface area contributed by atoms with Gasteiger partial charge in [0, 0.05) is 0 Å². The zero-order chi connectivity index (χ0) is 15.1. The summed E-state index contributed by atoms with van der Waals surface area (Å²) in [4.78, 5) is 11.9. The van der Waals surface area contributed by atoms with Gasteiger partial charge in [-0.3, -0.25) is 0 Å². The highest BCUT2D eigenvalue weighted by atomic mass is 16.5. The molecule has 2 aromatic carbocycles. The molecule has 2 rings (SSSR count). The van der Waals surface area contributed by atoms with Crippen LogP contribution in [0.4, 0.5) is 0 Å². The van der Waals surface area contributed by atoms with Gasteiger partial charge in [-0.2, -0.15) is 0 Å². The normalized spacial score (nSPS) is 10.6. The summed E-state index contributed by atoms with van der Waals surface area (Å²) in [5, 5.41) is 0. The predicted molar refractivity (Wildman–Crippen MR) is 82.2 cm³/mol. The predicted octanol–water partition coefficient (Wildman–Crippen LogP) is 3.74. The first-order chi connectivity index (χ1) is 10.2. The second kappa shape index (κ2) is 7.29. The van der Waals surface area contributed by atoms with E-state index in [2.05, 4.69) is 6.08 Å². The minimum Gasteiger partial charge on any atom is -0.497 e. The quantitative estimate of drug-likeness (QED) is 0.618. The summed E-state index contributed by atoms with van der Waals surface area (Å²) in [6.45, 7) is 2.14. The summed E-state index contributed by atoms with van der Waals surface area (Å²) in [6, 6.07) is 14.9. The summed E-state index contributed by atoms with van der Waals surface area (Å²) < 4.78 is 10.2. The van der Waals surface area contributed by atoms with Crippen LogP contribution in [-0.2, 0) is 4.74 Å². The summed E-state index contributed by atoms with van der Waals surface area (Å²) in [6.07, 6.45) is 4.96. The summed E-state index contributed by atoms with van der Waals surface area (Å²) >= 11 is 0. The van der Waals surface area contributed by atoms with E-state index in [4.69, 9.17) is 9.47 Å². The van der Waals surface area contributed by atoms with Gasteiger partial charge in [-0.05, 0) is 48.4 Å². The lowest BCUT2D eigenvalue weighted by Crippen LogP contribution is -2.06. The molecule has 3 heteroatoms. The van der Waals surface area contributed by atoms with Gasteiger partial charge in [0.15, 0.2) is 0 Å². The molecule has 0 amide bonds. The second-order valence-electron chi connectivity index (χ2n) is 4.33. The third-order valence-corrected chi connectivity index (χ3v) is 2.91. The lowest BCUT2D eigenvalue weighted by molar-refractivity contribution is 0.0526. The van der Waals surface area contributed by atoms with E-state index in [9.17, 15) is 4.79 Å². The summed E-state index contributed by atoms with van der Waals surface area (Å²) in [7, 11) is 1.63. The molecule has 1 radical (unpaired) electrons. The number of carbonyl (C=O) groups excluding carboxylic acids is 1. The lowest BCUT2D eigenvalue weighted by atomic mass is 10.1. The van der Waals surface area contributed by atoms with Gasteiger partial charge in [0.25, 0.3) is 0 Å². The molecular weight excluding hydrogens is 264 g/mol. The minimum absolute atomic E-state index is 0.334. The molecule has 107 valence electrons. The van der Waals surface area contributed by atoms with Gasteiger partial charge in [0.05, 0.1) is 19.3 Å². The first-order valence-electron chi connectivity index (χ1n) is 6.74. The minimum atomic E-state index is -0.334. The van der Waals surface area contributed by atoms with Crippen molar-refractivity contribution in [2.24, 2.45) is 0 Å². The fraction of sp³-hybridized carbons (Fsp3) is 0.167. The van der Waals surface area contributed by atoms with Crippen LogP contribution in [0.2, 0.25) is 0 Å². The van der Waals surface area contributed by atoms with E-state index < -0.39 is 0 Å². The Balaban J connectivity index is 2.26. The second-order valence-corrected chi connectivity index (χ2v) is 4.33. The number of hydrogen-bond donors (Lipinski definition) is 0. The zero-order valence-corrected chi connectivity index (χ0v) is 12.1. The van der Waals surface area contributed by atoms with Crippen molar-refractivity contribution in [2.45, 2.75) is 6.92 Å². The van der Waals surface area contributed by atoms with Crippen LogP contribution in [0.15, 0.2) is 48.5 Å². The fourth-order valence-corrected chi connectivity index (χ4v) is 1.89. The maximum absolute atomic E-state index is 11.9. The van der Waals surface area contributed by atoms with Crippen LogP contribution in [0.25, 0.3) is 6.08 Å². The number of benzene rings is 2. The Morgan fingerprint density at radius 2 is 2.00 bits per heavy atom. The Kier molecular flexibility index (Phi) is 5.16. The van der Waals surface area contributed by atoms with Crippen LogP contribution in [0, 0.1) is 6.08 Å². The van der Waals surface area contributed by atoms with Crippen molar-refractivity contribution in [2.75, 3.05) is 13.7 Å². The SMILES string of the molecule is CCOC(=O)c1ccccc1[C]=Cc1cccc(OC)c1. The van der Waals surface area contributed by atoms with Crippen molar-refractivity contribution in [1.82, 2.24) is 0 Å². The number of carbonyl (C=O) groups is 1. The molecule has 0 heterocycles. The molecule has 0 spiro atoms. The van der Waals surface area contributed by atoms with E-state index in [1.807, 2.05) is 48.5 Å². The standard InChI is InChI=1S/C18H17O3/c1-3-21-18(19)17-10-5-4-8-15(17)12-11-14-7-6-9-16(13-14)20-2/h4-11,13H,3H2,1-2H3. The summed E-state index contributed by atoms with van der Waals surface area (Å²) in [5.74, 6) is 0.448. The van der Waals surface area contributed by atoms with Gasteiger partial charge < -0.3 is 9.47 Å². The molecule has 0 aliphatic heterocycles. The molecule has 2 aromatic rings. The topological polar surface area (TPSA) is 35.5 Å². The first-order valence-corrected chi connectivity index (χ1v) is 6.74. The Morgan fingerprint density at radius 3 is 2.76 bits per heavy atom. The number of hydrogen-bond acceptors (Lipinski definition) is 3. The van der Waals surface area contributed by atoms with Crippen molar-refractivity contribution in [1.29, 1.82) is 0 Å². The van der Waals surface area contributed by atoms with E-state index in [1.54, 1.807) is 20.1 Å². The highest BCUT2D eigenvalue weighted by molar-refractivity contribution is 5.91. The molecule has 0 N–H and O–H groups in total. The van der Waals surface area contributed by atoms with Crippen LogP contribution in [-0.4, -0.2) is 19.7 Å². The molecule has 0 aliphatic carbocycles. The van der Waals surface area contributed by atoms with Crippen molar-refractivity contribution in [3.8, 4) is 5.75 Å². The fourth-order valence-electron chi connectivity index (χ4n) is 1.89. The van der Waals surface area contributed by atoms with E-state index in [0.29, 0.717) is 17.7 Å². The molecule has 0 aliphatic rings. The molecule has 0 unspecified atom stereocenters.